The van der Waals surface area contributed by atoms with Gasteiger partial charge in [-0.25, -0.2) is 4.79 Å². The summed E-state index contributed by atoms with van der Waals surface area (Å²) in [6.07, 6.45) is 5.57. The van der Waals surface area contributed by atoms with E-state index >= 15 is 0 Å². The van der Waals surface area contributed by atoms with Crippen molar-refractivity contribution in [3.8, 4) is 17.2 Å². The van der Waals surface area contributed by atoms with Gasteiger partial charge in [0.15, 0.2) is 0 Å². The first-order valence-electron chi connectivity index (χ1n) is 10.3. The second kappa shape index (κ2) is 10.3. The number of aromatic nitrogens is 1. The topological polar surface area (TPSA) is 72.3 Å². The summed E-state index contributed by atoms with van der Waals surface area (Å²) in [4.78, 5) is 21.0. The highest BCUT2D eigenvalue weighted by atomic mass is 35.5. The van der Waals surface area contributed by atoms with Gasteiger partial charge in [0.05, 0.1) is 28.6 Å². The van der Waals surface area contributed by atoms with Gasteiger partial charge in [-0.05, 0) is 57.1 Å². The number of nitriles is 1. The lowest BCUT2D eigenvalue weighted by Crippen LogP contribution is -2.48. The molecule has 1 aliphatic heterocycles. The zero-order chi connectivity index (χ0) is 22.5. The number of nitrogens with one attached hydrogen (secondary N) is 1. The van der Waals surface area contributed by atoms with Crippen LogP contribution in [0.5, 0.6) is 0 Å². The molecule has 1 unspecified atom stereocenters. The lowest BCUT2D eigenvalue weighted by atomic mass is 10.0. The molecule has 2 aromatic rings. The second-order valence-corrected chi connectivity index (χ2v) is 8.82. The molecule has 8 heteroatoms. The average Bonchev–Trinajstić information content (AvgIpc) is 2.76. The zero-order valence-corrected chi connectivity index (χ0v) is 19.5. The van der Waals surface area contributed by atoms with Crippen molar-refractivity contribution in [1.82, 2.24) is 20.1 Å². The van der Waals surface area contributed by atoms with E-state index in [9.17, 15) is 4.79 Å². The van der Waals surface area contributed by atoms with Crippen LogP contribution in [-0.2, 0) is 6.42 Å². The number of urea groups is 1. The number of benzene rings is 1. The Bertz CT molecular complexity index is 982. The van der Waals surface area contributed by atoms with Gasteiger partial charge in [0, 0.05) is 36.6 Å². The third-order valence-electron chi connectivity index (χ3n) is 5.86. The Morgan fingerprint density at radius 3 is 2.71 bits per heavy atom. The van der Waals surface area contributed by atoms with Gasteiger partial charge in [0.25, 0.3) is 0 Å². The second-order valence-electron chi connectivity index (χ2n) is 8.06. The van der Waals surface area contributed by atoms with Crippen LogP contribution >= 0.6 is 23.2 Å². The molecule has 0 bridgehead atoms. The summed E-state index contributed by atoms with van der Waals surface area (Å²) in [6, 6.07) is 7.57. The van der Waals surface area contributed by atoms with Crippen LogP contribution in [0.2, 0.25) is 10.0 Å². The molecule has 164 valence electrons. The van der Waals surface area contributed by atoms with E-state index < -0.39 is 0 Å². The van der Waals surface area contributed by atoms with Crippen molar-refractivity contribution in [3.63, 3.8) is 0 Å². The van der Waals surface area contributed by atoms with E-state index in [0.29, 0.717) is 10.0 Å². The summed E-state index contributed by atoms with van der Waals surface area (Å²) in [5.74, 6) is 0. The number of carbonyl (C=O) groups is 1. The molecule has 1 aromatic heterocycles. The number of pyridine rings is 1. The summed E-state index contributed by atoms with van der Waals surface area (Å²) in [5, 5.41) is 12.8. The Hall–Kier alpha value is -2.33. The molecule has 0 radical (unpaired) electrons. The number of likely N-dealkylation sites (tertiary alicyclic amines) is 1. The van der Waals surface area contributed by atoms with Crippen LogP contribution in [0.3, 0.4) is 0 Å². The third-order valence-corrected chi connectivity index (χ3v) is 6.76. The van der Waals surface area contributed by atoms with Crippen molar-refractivity contribution in [2.75, 3.05) is 27.2 Å². The van der Waals surface area contributed by atoms with Crippen LogP contribution < -0.4 is 5.32 Å². The molecule has 0 aliphatic carbocycles. The van der Waals surface area contributed by atoms with E-state index in [4.69, 9.17) is 28.5 Å². The number of halogens is 2. The zero-order valence-electron chi connectivity index (χ0n) is 18.0. The lowest BCUT2D eigenvalue weighted by Gasteiger charge is -2.35. The van der Waals surface area contributed by atoms with Gasteiger partial charge < -0.3 is 15.1 Å². The van der Waals surface area contributed by atoms with Gasteiger partial charge in [0.2, 0.25) is 0 Å². The number of piperidine rings is 1. The predicted octanol–water partition coefficient (Wildman–Crippen LogP) is 4.92. The first-order chi connectivity index (χ1) is 14.8. The van der Waals surface area contributed by atoms with Gasteiger partial charge in [-0.2, -0.15) is 5.26 Å². The first-order valence-corrected chi connectivity index (χ1v) is 11.1. The van der Waals surface area contributed by atoms with Crippen molar-refractivity contribution in [1.29, 1.82) is 5.26 Å². The Labute approximate surface area is 193 Å². The van der Waals surface area contributed by atoms with Crippen molar-refractivity contribution < 1.29 is 4.79 Å². The smallest absolute Gasteiger partial charge is 0.317 e. The van der Waals surface area contributed by atoms with Crippen molar-refractivity contribution in [3.05, 3.63) is 51.8 Å². The monoisotopic (exact) mass is 459 g/mol. The minimum atomic E-state index is -0.302. The molecule has 1 fully saturated rings. The molecular formula is C23H27Cl2N5O. The SMILES string of the molecule is CC(NC(=O)N(C)C1CCN(C)CC1)c1ccc(-c2cncc(CC#N)c2)c(Cl)c1Cl. The molecule has 1 aliphatic rings. The number of rotatable bonds is 5. The number of nitrogens with zero attached hydrogens (tertiary/aromatic N) is 4. The molecule has 6 nitrogen and oxygen atoms in total. The Balaban J connectivity index is 1.74. The normalized spacial score (nSPS) is 15.9. The minimum Gasteiger partial charge on any atom is -0.331 e. The van der Waals surface area contributed by atoms with Crippen LogP contribution in [0.25, 0.3) is 11.1 Å². The highest BCUT2D eigenvalue weighted by Gasteiger charge is 2.25. The van der Waals surface area contributed by atoms with Gasteiger partial charge in [-0.15, -0.1) is 0 Å². The molecule has 31 heavy (non-hydrogen) atoms. The maximum atomic E-state index is 12.8. The minimum absolute atomic E-state index is 0.119. The number of hydrogen-bond acceptors (Lipinski definition) is 4. The molecule has 0 spiro atoms. The van der Waals surface area contributed by atoms with E-state index in [2.05, 4.69) is 28.3 Å². The number of hydrogen-bond donors (Lipinski definition) is 1. The summed E-state index contributed by atoms with van der Waals surface area (Å²) in [6.45, 7) is 3.88. The highest BCUT2D eigenvalue weighted by Crippen LogP contribution is 2.38. The van der Waals surface area contributed by atoms with Crippen LogP contribution in [0, 0.1) is 11.3 Å². The number of amides is 2. The van der Waals surface area contributed by atoms with Crippen molar-refractivity contribution in [2.24, 2.45) is 0 Å². The standard InChI is InChI=1S/C23H27Cl2N5O/c1-15(28-23(31)30(3)18-7-10-29(2)11-8-18)19-4-5-20(22(25)21(19)24)17-12-16(6-9-26)13-27-14-17/h4-5,12-15,18H,6-8,10-11H2,1-3H3,(H,28,31). The van der Waals surface area contributed by atoms with E-state index in [1.165, 1.54) is 0 Å². The summed E-state index contributed by atoms with van der Waals surface area (Å²) >= 11 is 13.2. The summed E-state index contributed by atoms with van der Waals surface area (Å²) < 4.78 is 0. The molecule has 1 saturated heterocycles. The van der Waals surface area contributed by atoms with E-state index in [0.717, 1.165) is 48.2 Å². The van der Waals surface area contributed by atoms with Gasteiger partial charge in [-0.3, -0.25) is 4.98 Å². The van der Waals surface area contributed by atoms with Crippen LogP contribution in [0.15, 0.2) is 30.6 Å². The molecule has 3 rings (SSSR count). The van der Waals surface area contributed by atoms with Gasteiger partial charge in [0.1, 0.15) is 0 Å². The molecule has 1 N–H and O–H groups in total. The lowest BCUT2D eigenvalue weighted by molar-refractivity contribution is 0.146. The predicted molar refractivity (Wildman–Crippen MR) is 124 cm³/mol. The largest absolute Gasteiger partial charge is 0.331 e. The quantitative estimate of drug-likeness (QED) is 0.688. The van der Waals surface area contributed by atoms with E-state index in [1.54, 1.807) is 17.3 Å². The highest BCUT2D eigenvalue weighted by molar-refractivity contribution is 6.44. The molecule has 2 heterocycles. The summed E-state index contributed by atoms with van der Waals surface area (Å²) in [5.41, 5.74) is 3.10. The number of carbonyl (C=O) groups excluding carboxylic acids is 1. The van der Waals surface area contributed by atoms with Crippen molar-refractivity contribution >= 4 is 29.2 Å². The third kappa shape index (κ3) is 5.48. The summed E-state index contributed by atoms with van der Waals surface area (Å²) in [7, 11) is 3.94. The average molecular weight is 460 g/mol. The first kappa shape index (κ1) is 23.3. The maximum Gasteiger partial charge on any atom is 0.317 e. The molecular weight excluding hydrogens is 433 g/mol. The van der Waals surface area contributed by atoms with Crippen LogP contribution in [-0.4, -0.2) is 54.0 Å². The van der Waals surface area contributed by atoms with E-state index in [1.807, 2.05) is 32.2 Å². The van der Waals surface area contributed by atoms with Crippen LogP contribution in [0.4, 0.5) is 4.79 Å². The Kier molecular flexibility index (Phi) is 7.77. The van der Waals surface area contributed by atoms with Crippen LogP contribution in [0.1, 0.15) is 36.9 Å². The fourth-order valence-corrected chi connectivity index (χ4v) is 4.47. The van der Waals surface area contributed by atoms with Gasteiger partial charge in [-0.1, -0.05) is 35.3 Å². The molecule has 1 atom stereocenters. The molecule has 1 aromatic carbocycles. The Morgan fingerprint density at radius 1 is 1.32 bits per heavy atom. The fraction of sp³-hybridized carbons (Fsp3) is 0.435. The molecule has 0 saturated carbocycles. The Morgan fingerprint density at radius 2 is 2.03 bits per heavy atom. The fourth-order valence-electron chi connectivity index (χ4n) is 3.86. The van der Waals surface area contributed by atoms with Crippen molar-refractivity contribution in [2.45, 2.75) is 38.3 Å². The molecule has 2 amide bonds. The van der Waals surface area contributed by atoms with Gasteiger partial charge >= 0.3 is 6.03 Å². The van der Waals surface area contributed by atoms with E-state index in [-0.39, 0.29) is 24.5 Å². The maximum absolute atomic E-state index is 12.8.